The van der Waals surface area contributed by atoms with Gasteiger partial charge in [0.15, 0.2) is 0 Å². The predicted octanol–water partition coefficient (Wildman–Crippen LogP) is 0.867. The highest BCUT2D eigenvalue weighted by atomic mass is 16.6. The highest BCUT2D eigenvalue weighted by Crippen LogP contribution is 2.24. The van der Waals surface area contributed by atoms with E-state index in [1.807, 2.05) is 0 Å². The van der Waals surface area contributed by atoms with E-state index in [1.165, 1.54) is 12.1 Å². The summed E-state index contributed by atoms with van der Waals surface area (Å²) >= 11 is 0. The zero-order valence-corrected chi connectivity index (χ0v) is 9.68. The molecule has 0 spiro atoms. The van der Waals surface area contributed by atoms with Gasteiger partial charge in [0.1, 0.15) is 0 Å². The molecule has 1 aliphatic rings. The lowest BCUT2D eigenvalue weighted by molar-refractivity contribution is -0.384. The molecule has 1 aromatic carbocycles. The standard InChI is InChI=1S/C11H14N4O3/c12-9-5-8(15(17)18)2-3-10(9)13-6-7-1-4-11(16)14-7/h2-3,5,7,13H,1,4,6,12H2,(H,14,16). The van der Waals surface area contributed by atoms with Crippen LogP contribution in [-0.4, -0.2) is 23.4 Å². The van der Waals surface area contributed by atoms with Crippen LogP contribution in [0.1, 0.15) is 12.8 Å². The van der Waals surface area contributed by atoms with Crippen LogP contribution in [0.4, 0.5) is 17.1 Å². The largest absolute Gasteiger partial charge is 0.397 e. The molecular weight excluding hydrogens is 236 g/mol. The van der Waals surface area contributed by atoms with Gasteiger partial charge in [-0.15, -0.1) is 0 Å². The Morgan fingerprint density at radius 3 is 2.89 bits per heavy atom. The number of nitrogens with zero attached hydrogens (tertiary/aromatic N) is 1. The lowest BCUT2D eigenvalue weighted by Crippen LogP contribution is -2.31. The third kappa shape index (κ3) is 2.68. The third-order valence-electron chi connectivity index (χ3n) is 2.87. The van der Waals surface area contributed by atoms with E-state index >= 15 is 0 Å². The Kier molecular flexibility index (Phi) is 3.31. The first-order valence-corrected chi connectivity index (χ1v) is 5.63. The smallest absolute Gasteiger partial charge is 0.271 e. The Bertz CT molecular complexity index is 489. The summed E-state index contributed by atoms with van der Waals surface area (Å²) in [6.45, 7) is 0.563. The van der Waals surface area contributed by atoms with Gasteiger partial charge in [0.2, 0.25) is 5.91 Å². The second-order valence-corrected chi connectivity index (χ2v) is 4.21. The lowest BCUT2D eigenvalue weighted by atomic mass is 10.2. The Balaban J connectivity index is 1.97. The first-order valence-electron chi connectivity index (χ1n) is 5.63. The maximum absolute atomic E-state index is 11.0. The molecule has 1 fully saturated rings. The van der Waals surface area contributed by atoms with E-state index in [1.54, 1.807) is 6.07 Å². The summed E-state index contributed by atoms with van der Waals surface area (Å²) < 4.78 is 0. The summed E-state index contributed by atoms with van der Waals surface area (Å²) in [6.07, 6.45) is 1.33. The molecule has 96 valence electrons. The van der Waals surface area contributed by atoms with Crippen molar-refractivity contribution in [2.45, 2.75) is 18.9 Å². The monoisotopic (exact) mass is 250 g/mol. The van der Waals surface area contributed by atoms with Gasteiger partial charge in [0, 0.05) is 31.1 Å². The topological polar surface area (TPSA) is 110 Å². The number of carbonyl (C=O) groups excluding carboxylic acids is 1. The van der Waals surface area contributed by atoms with Gasteiger partial charge in [-0.1, -0.05) is 0 Å². The lowest BCUT2D eigenvalue weighted by Gasteiger charge is -2.13. The summed E-state index contributed by atoms with van der Waals surface area (Å²) in [7, 11) is 0. The summed E-state index contributed by atoms with van der Waals surface area (Å²) in [5.41, 5.74) is 6.65. The van der Waals surface area contributed by atoms with Crippen molar-refractivity contribution in [1.29, 1.82) is 0 Å². The first kappa shape index (κ1) is 12.2. The SMILES string of the molecule is Nc1cc([N+](=O)[O-])ccc1NCC1CCC(=O)N1. The molecule has 2 rings (SSSR count). The molecule has 0 aromatic heterocycles. The molecule has 7 nitrogen and oxygen atoms in total. The molecular formula is C11H14N4O3. The van der Waals surface area contributed by atoms with E-state index in [-0.39, 0.29) is 17.6 Å². The van der Waals surface area contributed by atoms with Crippen LogP contribution in [0.2, 0.25) is 0 Å². The van der Waals surface area contributed by atoms with Crippen LogP contribution < -0.4 is 16.4 Å². The van der Waals surface area contributed by atoms with Gasteiger partial charge in [0.25, 0.3) is 5.69 Å². The average Bonchev–Trinajstić information content (AvgIpc) is 2.73. The molecule has 18 heavy (non-hydrogen) atoms. The molecule has 1 aromatic rings. The van der Waals surface area contributed by atoms with Crippen LogP contribution in [-0.2, 0) is 4.79 Å². The van der Waals surface area contributed by atoms with E-state index in [0.29, 0.717) is 24.3 Å². The predicted molar refractivity (Wildman–Crippen MR) is 67.2 cm³/mol. The Hall–Kier alpha value is -2.31. The quantitative estimate of drug-likeness (QED) is 0.417. The number of benzene rings is 1. The van der Waals surface area contributed by atoms with Crippen molar-refractivity contribution in [1.82, 2.24) is 5.32 Å². The zero-order valence-electron chi connectivity index (χ0n) is 9.68. The van der Waals surface area contributed by atoms with Gasteiger partial charge < -0.3 is 16.4 Å². The van der Waals surface area contributed by atoms with Crippen LogP contribution in [0.5, 0.6) is 0 Å². The highest BCUT2D eigenvalue weighted by Gasteiger charge is 2.20. The fourth-order valence-electron chi connectivity index (χ4n) is 1.89. The van der Waals surface area contributed by atoms with Crippen molar-refractivity contribution in [2.75, 3.05) is 17.6 Å². The van der Waals surface area contributed by atoms with Gasteiger partial charge in [-0.05, 0) is 12.5 Å². The van der Waals surface area contributed by atoms with Gasteiger partial charge in [-0.25, -0.2) is 0 Å². The second-order valence-electron chi connectivity index (χ2n) is 4.21. The van der Waals surface area contributed by atoms with Crippen molar-refractivity contribution in [3.05, 3.63) is 28.3 Å². The molecule has 1 aliphatic heterocycles. The molecule has 7 heteroatoms. The number of hydrogen-bond acceptors (Lipinski definition) is 5. The van der Waals surface area contributed by atoms with Crippen molar-refractivity contribution in [3.8, 4) is 0 Å². The molecule has 1 atom stereocenters. The number of nitro groups is 1. The van der Waals surface area contributed by atoms with Crippen LogP contribution in [0, 0.1) is 10.1 Å². The maximum atomic E-state index is 11.0. The molecule has 4 N–H and O–H groups in total. The van der Waals surface area contributed by atoms with E-state index < -0.39 is 4.92 Å². The maximum Gasteiger partial charge on any atom is 0.271 e. The zero-order chi connectivity index (χ0) is 13.1. The van der Waals surface area contributed by atoms with Crippen molar-refractivity contribution < 1.29 is 9.72 Å². The Morgan fingerprint density at radius 1 is 1.56 bits per heavy atom. The van der Waals surface area contributed by atoms with Gasteiger partial charge in [-0.3, -0.25) is 14.9 Å². The number of hydrogen-bond donors (Lipinski definition) is 3. The molecule has 0 radical (unpaired) electrons. The Labute approximate surface area is 104 Å². The van der Waals surface area contributed by atoms with E-state index in [2.05, 4.69) is 10.6 Å². The normalized spacial score (nSPS) is 18.4. The summed E-state index contributed by atoms with van der Waals surface area (Å²) in [5, 5.41) is 16.5. The van der Waals surface area contributed by atoms with Crippen LogP contribution in [0.15, 0.2) is 18.2 Å². The Morgan fingerprint density at radius 2 is 2.33 bits per heavy atom. The average molecular weight is 250 g/mol. The van der Waals surface area contributed by atoms with E-state index in [0.717, 1.165) is 6.42 Å². The molecule has 1 unspecified atom stereocenters. The van der Waals surface area contributed by atoms with Crippen molar-refractivity contribution in [2.24, 2.45) is 0 Å². The van der Waals surface area contributed by atoms with Crippen molar-refractivity contribution in [3.63, 3.8) is 0 Å². The molecule has 1 amide bonds. The van der Waals surface area contributed by atoms with Crippen LogP contribution in [0.3, 0.4) is 0 Å². The molecule has 0 saturated carbocycles. The van der Waals surface area contributed by atoms with Crippen molar-refractivity contribution >= 4 is 23.0 Å². The summed E-state index contributed by atoms with van der Waals surface area (Å²) in [5.74, 6) is 0.0541. The summed E-state index contributed by atoms with van der Waals surface area (Å²) in [6, 6.07) is 4.37. The van der Waals surface area contributed by atoms with Gasteiger partial charge in [-0.2, -0.15) is 0 Å². The number of anilines is 2. The van der Waals surface area contributed by atoms with Crippen LogP contribution >= 0.6 is 0 Å². The number of non-ortho nitro benzene ring substituents is 1. The minimum Gasteiger partial charge on any atom is -0.397 e. The minimum absolute atomic E-state index is 0.0350. The number of nitrogen functional groups attached to an aromatic ring is 1. The number of rotatable bonds is 4. The second kappa shape index (κ2) is 4.91. The van der Waals surface area contributed by atoms with Gasteiger partial charge >= 0.3 is 0 Å². The first-order chi connectivity index (χ1) is 8.56. The number of amides is 1. The fraction of sp³-hybridized carbons (Fsp3) is 0.364. The molecule has 1 saturated heterocycles. The highest BCUT2D eigenvalue weighted by molar-refractivity contribution is 5.78. The van der Waals surface area contributed by atoms with Crippen LogP contribution in [0.25, 0.3) is 0 Å². The number of nitro benzene ring substituents is 1. The van der Waals surface area contributed by atoms with E-state index in [4.69, 9.17) is 5.73 Å². The minimum atomic E-state index is -0.489. The number of nitrogens with two attached hydrogens (primary N) is 1. The number of nitrogens with one attached hydrogen (secondary N) is 2. The van der Waals surface area contributed by atoms with E-state index in [9.17, 15) is 14.9 Å². The number of carbonyl (C=O) groups is 1. The third-order valence-corrected chi connectivity index (χ3v) is 2.87. The summed E-state index contributed by atoms with van der Waals surface area (Å²) in [4.78, 5) is 21.1. The molecule has 0 aliphatic carbocycles. The fourth-order valence-corrected chi connectivity index (χ4v) is 1.89. The molecule has 0 bridgehead atoms. The van der Waals surface area contributed by atoms with Gasteiger partial charge in [0.05, 0.1) is 16.3 Å². The molecule has 1 heterocycles.